The third-order valence-corrected chi connectivity index (χ3v) is 2.28. The van der Waals surface area contributed by atoms with E-state index in [2.05, 4.69) is 0 Å². The molecule has 0 fully saturated rings. The van der Waals surface area contributed by atoms with Crippen LogP contribution in [0.15, 0.2) is 18.2 Å². The maximum Gasteiger partial charge on any atom is 0.126 e. The van der Waals surface area contributed by atoms with Gasteiger partial charge in [-0.25, -0.2) is 0 Å². The highest BCUT2D eigenvalue weighted by Gasteiger charge is 2.08. The summed E-state index contributed by atoms with van der Waals surface area (Å²) in [5, 5.41) is 0. The Morgan fingerprint density at radius 2 is 2.14 bits per heavy atom. The van der Waals surface area contributed by atoms with Crippen LogP contribution in [0.5, 0.6) is 11.5 Å². The van der Waals surface area contributed by atoms with Gasteiger partial charge in [0.25, 0.3) is 0 Å². The average Bonchev–Trinajstić information content (AvgIpc) is 2.18. The average molecular weight is 194 g/mol. The number of benzene rings is 1. The first-order valence-corrected chi connectivity index (χ1v) is 4.77. The molecule has 1 aliphatic heterocycles. The van der Waals surface area contributed by atoms with Crippen molar-refractivity contribution in [2.75, 3.05) is 26.9 Å². The molecular formula is C11H14O3. The maximum atomic E-state index is 5.57. The Hall–Kier alpha value is -1.22. The van der Waals surface area contributed by atoms with Gasteiger partial charge in [-0.05, 0) is 18.1 Å². The minimum Gasteiger partial charge on any atom is -0.497 e. The van der Waals surface area contributed by atoms with E-state index in [0.29, 0.717) is 13.2 Å². The quantitative estimate of drug-likeness (QED) is 0.680. The minimum atomic E-state index is 0.611. The van der Waals surface area contributed by atoms with Crippen molar-refractivity contribution in [2.45, 2.75) is 6.42 Å². The van der Waals surface area contributed by atoms with Gasteiger partial charge in [-0.2, -0.15) is 0 Å². The number of hydrogen-bond acceptors (Lipinski definition) is 3. The molecule has 0 radical (unpaired) electrons. The molecule has 0 aromatic heterocycles. The highest BCUT2D eigenvalue weighted by molar-refractivity contribution is 5.41. The molecule has 0 aliphatic carbocycles. The van der Waals surface area contributed by atoms with Crippen LogP contribution in [0.2, 0.25) is 0 Å². The van der Waals surface area contributed by atoms with Gasteiger partial charge in [-0.15, -0.1) is 0 Å². The van der Waals surface area contributed by atoms with E-state index in [1.54, 1.807) is 7.11 Å². The molecule has 0 saturated heterocycles. The standard InChI is InChI=1S/C11H14O3/c1-12-10-3-2-9-4-5-13-6-7-14-11(9)8-10/h2-3,8H,4-7H2,1H3. The molecule has 1 aliphatic rings. The van der Waals surface area contributed by atoms with E-state index >= 15 is 0 Å². The van der Waals surface area contributed by atoms with Crippen LogP contribution in [-0.4, -0.2) is 26.9 Å². The summed E-state index contributed by atoms with van der Waals surface area (Å²) in [5.74, 6) is 1.76. The molecule has 1 aromatic rings. The smallest absolute Gasteiger partial charge is 0.126 e. The van der Waals surface area contributed by atoms with Gasteiger partial charge in [0.05, 0.1) is 20.3 Å². The Bertz CT molecular complexity index is 309. The van der Waals surface area contributed by atoms with E-state index in [0.717, 1.165) is 24.5 Å². The van der Waals surface area contributed by atoms with Gasteiger partial charge in [0.2, 0.25) is 0 Å². The lowest BCUT2D eigenvalue weighted by Crippen LogP contribution is -2.13. The van der Waals surface area contributed by atoms with E-state index in [1.807, 2.05) is 18.2 Å². The van der Waals surface area contributed by atoms with Crippen molar-refractivity contribution in [3.8, 4) is 11.5 Å². The minimum absolute atomic E-state index is 0.611. The SMILES string of the molecule is COc1ccc2c(c1)OCCOCC2. The summed E-state index contributed by atoms with van der Waals surface area (Å²) in [6.07, 6.45) is 0.902. The molecule has 0 amide bonds. The number of ether oxygens (including phenoxy) is 3. The summed E-state index contributed by atoms with van der Waals surface area (Å²) in [7, 11) is 1.66. The number of rotatable bonds is 1. The van der Waals surface area contributed by atoms with Crippen molar-refractivity contribution >= 4 is 0 Å². The predicted molar refractivity (Wildman–Crippen MR) is 53.0 cm³/mol. The van der Waals surface area contributed by atoms with Crippen LogP contribution in [0, 0.1) is 0 Å². The second kappa shape index (κ2) is 4.33. The number of fused-ring (bicyclic) bond motifs is 1. The van der Waals surface area contributed by atoms with Crippen molar-refractivity contribution in [1.82, 2.24) is 0 Å². The van der Waals surface area contributed by atoms with E-state index < -0.39 is 0 Å². The number of hydrogen-bond donors (Lipinski definition) is 0. The van der Waals surface area contributed by atoms with E-state index in [9.17, 15) is 0 Å². The summed E-state index contributed by atoms with van der Waals surface area (Å²) < 4.78 is 16.0. The zero-order valence-electron chi connectivity index (χ0n) is 8.29. The zero-order valence-corrected chi connectivity index (χ0v) is 8.29. The lowest BCUT2D eigenvalue weighted by Gasteiger charge is -2.16. The first-order valence-electron chi connectivity index (χ1n) is 4.77. The third kappa shape index (κ3) is 1.99. The molecule has 0 atom stereocenters. The fraction of sp³-hybridized carbons (Fsp3) is 0.455. The van der Waals surface area contributed by atoms with Crippen LogP contribution in [-0.2, 0) is 11.2 Å². The van der Waals surface area contributed by atoms with Gasteiger partial charge in [-0.1, -0.05) is 6.07 Å². The Labute approximate surface area is 83.6 Å². The van der Waals surface area contributed by atoms with Gasteiger partial charge in [0.15, 0.2) is 0 Å². The highest BCUT2D eigenvalue weighted by atomic mass is 16.5. The van der Waals surface area contributed by atoms with Gasteiger partial charge >= 0.3 is 0 Å². The fourth-order valence-electron chi connectivity index (χ4n) is 1.50. The van der Waals surface area contributed by atoms with Gasteiger partial charge in [-0.3, -0.25) is 0 Å². The molecule has 3 nitrogen and oxygen atoms in total. The number of methoxy groups -OCH3 is 1. The van der Waals surface area contributed by atoms with E-state index in [1.165, 1.54) is 5.56 Å². The van der Waals surface area contributed by atoms with Crippen LogP contribution in [0.1, 0.15) is 5.56 Å². The lowest BCUT2D eigenvalue weighted by atomic mass is 10.1. The summed E-state index contributed by atoms with van der Waals surface area (Å²) in [6, 6.07) is 5.91. The van der Waals surface area contributed by atoms with Gasteiger partial charge in [0, 0.05) is 6.07 Å². The molecule has 0 unspecified atom stereocenters. The first kappa shape index (κ1) is 9.34. The van der Waals surface area contributed by atoms with Crippen LogP contribution in [0.3, 0.4) is 0 Å². The normalized spacial score (nSPS) is 16.1. The first-order chi connectivity index (χ1) is 6.90. The molecule has 0 N–H and O–H groups in total. The van der Waals surface area contributed by atoms with E-state index in [4.69, 9.17) is 14.2 Å². The molecule has 0 saturated carbocycles. The zero-order chi connectivity index (χ0) is 9.80. The molecular weight excluding hydrogens is 180 g/mol. The molecule has 14 heavy (non-hydrogen) atoms. The van der Waals surface area contributed by atoms with Crippen LogP contribution >= 0.6 is 0 Å². The molecule has 2 rings (SSSR count). The predicted octanol–water partition coefficient (Wildman–Crippen LogP) is 1.65. The van der Waals surface area contributed by atoms with Gasteiger partial charge < -0.3 is 14.2 Å². The van der Waals surface area contributed by atoms with Gasteiger partial charge in [0.1, 0.15) is 18.1 Å². The third-order valence-electron chi connectivity index (χ3n) is 2.28. The Kier molecular flexibility index (Phi) is 2.89. The molecule has 0 spiro atoms. The fourth-order valence-corrected chi connectivity index (χ4v) is 1.50. The maximum absolute atomic E-state index is 5.57. The summed E-state index contributed by atoms with van der Waals surface area (Å²) >= 11 is 0. The van der Waals surface area contributed by atoms with E-state index in [-0.39, 0.29) is 0 Å². The van der Waals surface area contributed by atoms with Crippen molar-refractivity contribution in [2.24, 2.45) is 0 Å². The lowest BCUT2D eigenvalue weighted by molar-refractivity contribution is 0.0932. The second-order valence-electron chi connectivity index (χ2n) is 3.18. The Morgan fingerprint density at radius 1 is 1.21 bits per heavy atom. The van der Waals surface area contributed by atoms with Crippen LogP contribution in [0.4, 0.5) is 0 Å². The monoisotopic (exact) mass is 194 g/mol. The summed E-state index contributed by atoms with van der Waals surface area (Å²) in [6.45, 7) is 2.04. The molecule has 76 valence electrons. The largest absolute Gasteiger partial charge is 0.497 e. The van der Waals surface area contributed by atoms with Crippen molar-refractivity contribution in [1.29, 1.82) is 0 Å². The Balaban J connectivity index is 2.26. The van der Waals surface area contributed by atoms with Crippen LogP contribution in [0.25, 0.3) is 0 Å². The summed E-state index contributed by atoms with van der Waals surface area (Å²) in [5.41, 5.74) is 1.19. The Morgan fingerprint density at radius 3 is 3.00 bits per heavy atom. The van der Waals surface area contributed by atoms with Crippen molar-refractivity contribution in [3.05, 3.63) is 23.8 Å². The topological polar surface area (TPSA) is 27.7 Å². The molecule has 0 bridgehead atoms. The second-order valence-corrected chi connectivity index (χ2v) is 3.18. The van der Waals surface area contributed by atoms with Crippen LogP contribution < -0.4 is 9.47 Å². The molecule has 3 heteroatoms. The molecule has 1 aromatic carbocycles. The molecule has 1 heterocycles. The van der Waals surface area contributed by atoms with Crippen molar-refractivity contribution in [3.63, 3.8) is 0 Å². The highest BCUT2D eigenvalue weighted by Crippen LogP contribution is 2.26. The van der Waals surface area contributed by atoms with Crippen molar-refractivity contribution < 1.29 is 14.2 Å². The summed E-state index contributed by atoms with van der Waals surface area (Å²) in [4.78, 5) is 0.